The number of methoxy groups -OCH3 is 1. The van der Waals surface area contributed by atoms with Crippen LogP contribution in [0.2, 0.25) is 0 Å². The van der Waals surface area contributed by atoms with Crippen molar-refractivity contribution in [3.63, 3.8) is 0 Å². The fraction of sp³-hybridized carbons (Fsp3) is 0.429. The zero-order chi connectivity index (χ0) is 14.0. The van der Waals surface area contributed by atoms with E-state index in [2.05, 4.69) is 15.5 Å². The Morgan fingerprint density at radius 2 is 2.20 bits per heavy atom. The predicted molar refractivity (Wildman–Crippen MR) is 74.3 cm³/mol. The van der Waals surface area contributed by atoms with Gasteiger partial charge >= 0.3 is 0 Å². The quantitative estimate of drug-likeness (QED) is 0.867. The Hall–Kier alpha value is -2.08. The third-order valence-corrected chi connectivity index (χ3v) is 3.70. The van der Waals surface area contributed by atoms with Crippen LogP contribution in [-0.2, 0) is 12.1 Å². The third kappa shape index (κ3) is 2.34. The van der Waals surface area contributed by atoms with E-state index in [-0.39, 0.29) is 5.54 Å². The average molecular weight is 274 g/mol. The van der Waals surface area contributed by atoms with Crippen molar-refractivity contribution in [2.75, 3.05) is 12.4 Å². The van der Waals surface area contributed by atoms with Crippen LogP contribution < -0.4 is 15.8 Å². The van der Waals surface area contributed by atoms with Crippen LogP contribution in [0, 0.1) is 0 Å². The van der Waals surface area contributed by atoms with Gasteiger partial charge in [-0.2, -0.15) is 4.98 Å². The first-order chi connectivity index (χ1) is 9.71. The molecule has 0 atom stereocenters. The monoisotopic (exact) mass is 274 g/mol. The zero-order valence-corrected chi connectivity index (χ0v) is 11.4. The molecular weight excluding hydrogens is 256 g/mol. The number of benzene rings is 1. The summed E-state index contributed by atoms with van der Waals surface area (Å²) in [4.78, 5) is 4.37. The molecule has 106 valence electrons. The predicted octanol–water partition coefficient (Wildman–Crippen LogP) is 2.03. The van der Waals surface area contributed by atoms with Crippen LogP contribution in [0.3, 0.4) is 0 Å². The van der Waals surface area contributed by atoms with Crippen molar-refractivity contribution >= 4 is 5.69 Å². The molecule has 0 spiro atoms. The number of nitrogens with zero attached hydrogens (tertiary/aromatic N) is 2. The second kappa shape index (κ2) is 5.13. The van der Waals surface area contributed by atoms with Gasteiger partial charge in [0.2, 0.25) is 5.89 Å². The van der Waals surface area contributed by atoms with E-state index in [9.17, 15) is 0 Å². The number of ether oxygens (including phenoxy) is 1. The van der Waals surface area contributed by atoms with E-state index in [1.807, 2.05) is 24.3 Å². The van der Waals surface area contributed by atoms with Gasteiger partial charge in [0.15, 0.2) is 5.82 Å². The Balaban J connectivity index is 1.67. The van der Waals surface area contributed by atoms with Gasteiger partial charge in [-0.3, -0.25) is 0 Å². The first-order valence-electron chi connectivity index (χ1n) is 6.70. The highest BCUT2D eigenvalue weighted by Crippen LogP contribution is 2.36. The number of aromatic nitrogens is 2. The van der Waals surface area contributed by atoms with E-state index in [1.165, 1.54) is 0 Å². The van der Waals surface area contributed by atoms with E-state index in [4.69, 9.17) is 15.0 Å². The molecule has 0 radical (unpaired) electrons. The summed E-state index contributed by atoms with van der Waals surface area (Å²) in [6, 6.07) is 7.69. The minimum Gasteiger partial charge on any atom is -0.495 e. The number of anilines is 1. The van der Waals surface area contributed by atoms with Gasteiger partial charge in [0, 0.05) is 0 Å². The minimum absolute atomic E-state index is 0.383. The lowest BCUT2D eigenvalue weighted by molar-refractivity contribution is 0.229. The smallest absolute Gasteiger partial charge is 0.246 e. The zero-order valence-electron chi connectivity index (χ0n) is 11.4. The van der Waals surface area contributed by atoms with Crippen LogP contribution in [-0.4, -0.2) is 17.3 Å². The van der Waals surface area contributed by atoms with Gasteiger partial charge in [-0.15, -0.1) is 0 Å². The van der Waals surface area contributed by atoms with Crippen molar-refractivity contribution in [3.8, 4) is 5.75 Å². The molecule has 1 heterocycles. The highest BCUT2D eigenvalue weighted by atomic mass is 16.5. The lowest BCUT2D eigenvalue weighted by atomic mass is 9.77. The van der Waals surface area contributed by atoms with Crippen molar-refractivity contribution in [1.29, 1.82) is 0 Å². The summed E-state index contributed by atoms with van der Waals surface area (Å²) in [6.07, 6.45) is 2.97. The Kier molecular flexibility index (Phi) is 3.31. The van der Waals surface area contributed by atoms with Gasteiger partial charge in [-0.05, 0) is 31.4 Å². The van der Waals surface area contributed by atoms with Crippen molar-refractivity contribution in [2.45, 2.75) is 31.3 Å². The average Bonchev–Trinajstić information content (AvgIpc) is 2.92. The summed E-state index contributed by atoms with van der Waals surface area (Å²) in [7, 11) is 1.64. The number of nitrogens with two attached hydrogens (primary N) is 1. The summed E-state index contributed by atoms with van der Waals surface area (Å²) in [5.74, 6) is 1.92. The van der Waals surface area contributed by atoms with Crippen LogP contribution in [0.4, 0.5) is 5.69 Å². The molecule has 1 aromatic carbocycles. The van der Waals surface area contributed by atoms with Crippen molar-refractivity contribution in [3.05, 3.63) is 36.0 Å². The van der Waals surface area contributed by atoms with E-state index >= 15 is 0 Å². The van der Waals surface area contributed by atoms with Crippen LogP contribution in [0.5, 0.6) is 5.75 Å². The van der Waals surface area contributed by atoms with Crippen LogP contribution >= 0.6 is 0 Å². The molecule has 6 nitrogen and oxygen atoms in total. The first-order valence-corrected chi connectivity index (χ1v) is 6.70. The number of para-hydroxylation sites is 2. The number of hydrogen-bond donors (Lipinski definition) is 2. The fourth-order valence-electron chi connectivity index (χ4n) is 2.27. The van der Waals surface area contributed by atoms with Gasteiger partial charge in [-0.1, -0.05) is 17.3 Å². The van der Waals surface area contributed by atoms with Crippen LogP contribution in [0.1, 0.15) is 31.0 Å². The van der Waals surface area contributed by atoms with Crippen molar-refractivity contribution < 1.29 is 9.26 Å². The van der Waals surface area contributed by atoms with E-state index < -0.39 is 0 Å². The molecule has 1 aliphatic carbocycles. The SMILES string of the molecule is COc1ccccc1NCc1nc(C2(N)CCC2)no1. The van der Waals surface area contributed by atoms with Gasteiger partial charge in [0.25, 0.3) is 0 Å². The van der Waals surface area contributed by atoms with Gasteiger partial charge in [0.1, 0.15) is 5.75 Å². The fourth-order valence-corrected chi connectivity index (χ4v) is 2.27. The molecule has 0 amide bonds. The molecule has 1 fully saturated rings. The first kappa shape index (κ1) is 12.9. The van der Waals surface area contributed by atoms with Crippen LogP contribution in [0.25, 0.3) is 0 Å². The molecule has 0 unspecified atom stereocenters. The molecule has 2 aromatic rings. The standard InChI is InChI=1S/C14H18N4O2/c1-19-11-6-3-2-5-10(11)16-9-12-17-13(18-20-12)14(15)7-4-8-14/h2-3,5-6,16H,4,7-9,15H2,1H3. The van der Waals surface area contributed by atoms with Crippen LogP contribution in [0.15, 0.2) is 28.8 Å². The van der Waals surface area contributed by atoms with Gasteiger partial charge in [0.05, 0.1) is 24.9 Å². The van der Waals surface area contributed by atoms with E-state index in [0.717, 1.165) is 30.7 Å². The lowest BCUT2D eigenvalue weighted by Crippen LogP contribution is -2.44. The maximum Gasteiger partial charge on any atom is 0.246 e. The Morgan fingerprint density at radius 3 is 2.90 bits per heavy atom. The third-order valence-electron chi connectivity index (χ3n) is 3.70. The van der Waals surface area contributed by atoms with Crippen molar-refractivity contribution in [2.24, 2.45) is 5.73 Å². The Morgan fingerprint density at radius 1 is 1.40 bits per heavy atom. The summed E-state index contributed by atoms with van der Waals surface area (Å²) < 4.78 is 10.5. The maximum atomic E-state index is 6.16. The molecule has 3 N–H and O–H groups in total. The van der Waals surface area contributed by atoms with Crippen molar-refractivity contribution in [1.82, 2.24) is 10.1 Å². The molecule has 0 saturated heterocycles. The number of rotatable bonds is 5. The van der Waals surface area contributed by atoms with Gasteiger partial charge in [-0.25, -0.2) is 0 Å². The second-order valence-electron chi connectivity index (χ2n) is 5.08. The lowest BCUT2D eigenvalue weighted by Gasteiger charge is -2.34. The molecule has 1 saturated carbocycles. The molecule has 3 rings (SSSR count). The second-order valence-corrected chi connectivity index (χ2v) is 5.08. The highest BCUT2D eigenvalue weighted by Gasteiger charge is 2.38. The topological polar surface area (TPSA) is 86.2 Å². The van der Waals surface area contributed by atoms with Gasteiger partial charge < -0.3 is 20.3 Å². The summed E-state index contributed by atoms with van der Waals surface area (Å²) in [5, 5.41) is 7.20. The van der Waals surface area contributed by atoms with E-state index in [0.29, 0.717) is 18.3 Å². The normalized spacial score (nSPS) is 16.5. The minimum atomic E-state index is -0.383. The molecule has 20 heavy (non-hydrogen) atoms. The highest BCUT2D eigenvalue weighted by molar-refractivity contribution is 5.55. The number of hydrogen-bond acceptors (Lipinski definition) is 6. The summed E-state index contributed by atoms with van der Waals surface area (Å²) >= 11 is 0. The van der Waals surface area contributed by atoms with E-state index in [1.54, 1.807) is 7.11 Å². The molecule has 0 bridgehead atoms. The Bertz CT molecular complexity index is 592. The molecule has 6 heteroatoms. The molecule has 1 aromatic heterocycles. The summed E-state index contributed by atoms with van der Waals surface area (Å²) in [5.41, 5.74) is 6.67. The maximum absolute atomic E-state index is 6.16. The largest absolute Gasteiger partial charge is 0.495 e. The molecule has 1 aliphatic rings. The molecule has 0 aliphatic heterocycles. The summed E-state index contributed by atoms with van der Waals surface area (Å²) in [6.45, 7) is 0.448. The number of nitrogens with one attached hydrogen (secondary N) is 1. The molecular formula is C14H18N4O2. The Labute approximate surface area is 117 Å².